The van der Waals surface area contributed by atoms with Gasteiger partial charge in [0, 0.05) is 18.7 Å². The van der Waals surface area contributed by atoms with Crippen LogP contribution in [0.4, 0.5) is 10.1 Å². The Labute approximate surface area is 111 Å². The fourth-order valence-electron chi connectivity index (χ4n) is 2.49. The molecule has 104 valence electrons. The zero-order chi connectivity index (χ0) is 13.8. The van der Waals surface area contributed by atoms with E-state index in [1.807, 2.05) is 7.05 Å². The second-order valence-corrected chi connectivity index (χ2v) is 4.97. The second kappa shape index (κ2) is 6.08. The summed E-state index contributed by atoms with van der Waals surface area (Å²) in [5, 5.41) is 14.0. The van der Waals surface area contributed by atoms with Gasteiger partial charge in [-0.1, -0.05) is 0 Å². The number of nitro benzene ring substituents is 1. The molecule has 0 saturated carbocycles. The highest BCUT2D eigenvalue weighted by Crippen LogP contribution is 2.19. The van der Waals surface area contributed by atoms with E-state index in [9.17, 15) is 14.5 Å². The molecule has 0 unspecified atom stereocenters. The van der Waals surface area contributed by atoms with Crippen molar-refractivity contribution in [3.63, 3.8) is 0 Å². The molecular weight excluding hydrogens is 249 g/mol. The molecule has 1 aliphatic heterocycles. The second-order valence-electron chi connectivity index (χ2n) is 4.97. The summed E-state index contributed by atoms with van der Waals surface area (Å²) in [6.07, 6.45) is 2.10. The van der Waals surface area contributed by atoms with E-state index in [2.05, 4.69) is 10.2 Å². The molecule has 1 aliphatic rings. The molecule has 0 amide bonds. The van der Waals surface area contributed by atoms with Crippen molar-refractivity contribution in [1.82, 2.24) is 10.2 Å². The number of hydrogen-bond acceptors (Lipinski definition) is 4. The summed E-state index contributed by atoms with van der Waals surface area (Å²) in [5.41, 5.74) is 0.460. The van der Waals surface area contributed by atoms with Crippen LogP contribution < -0.4 is 5.32 Å². The molecule has 0 atom stereocenters. The Morgan fingerprint density at radius 2 is 2.11 bits per heavy atom. The Kier molecular flexibility index (Phi) is 4.44. The van der Waals surface area contributed by atoms with E-state index >= 15 is 0 Å². The van der Waals surface area contributed by atoms with Crippen molar-refractivity contribution >= 4 is 5.69 Å². The lowest BCUT2D eigenvalue weighted by Gasteiger charge is -2.31. The number of nitrogens with zero attached hydrogens (tertiary/aromatic N) is 2. The van der Waals surface area contributed by atoms with E-state index in [0.717, 1.165) is 32.0 Å². The Morgan fingerprint density at radius 1 is 1.42 bits per heavy atom. The van der Waals surface area contributed by atoms with Gasteiger partial charge in [-0.2, -0.15) is 0 Å². The van der Waals surface area contributed by atoms with Crippen molar-refractivity contribution < 1.29 is 9.31 Å². The first-order chi connectivity index (χ1) is 9.06. The Morgan fingerprint density at radius 3 is 2.74 bits per heavy atom. The highest BCUT2D eigenvalue weighted by atomic mass is 19.1. The van der Waals surface area contributed by atoms with Crippen molar-refractivity contribution in [2.45, 2.75) is 25.4 Å². The summed E-state index contributed by atoms with van der Waals surface area (Å²) in [5.74, 6) is -0.553. The minimum atomic E-state index is -0.558. The lowest BCUT2D eigenvalue weighted by molar-refractivity contribution is -0.385. The minimum Gasteiger partial charge on any atom is -0.317 e. The molecular formula is C13H18FN3O2. The zero-order valence-electron chi connectivity index (χ0n) is 10.9. The van der Waals surface area contributed by atoms with Crippen LogP contribution in [0.15, 0.2) is 18.2 Å². The molecule has 0 aliphatic carbocycles. The van der Waals surface area contributed by atoms with Gasteiger partial charge >= 0.3 is 0 Å². The van der Waals surface area contributed by atoms with Gasteiger partial charge in [-0.05, 0) is 44.6 Å². The van der Waals surface area contributed by atoms with E-state index in [-0.39, 0.29) is 5.69 Å². The summed E-state index contributed by atoms with van der Waals surface area (Å²) in [6.45, 7) is 2.50. The molecule has 1 saturated heterocycles. The molecule has 1 heterocycles. The SMILES string of the molecule is CN(Cc1cc(F)cc([N+](=O)[O-])c1)C1CCNCC1. The number of piperidine rings is 1. The number of non-ortho nitro benzene ring substituents is 1. The zero-order valence-corrected chi connectivity index (χ0v) is 10.9. The van der Waals surface area contributed by atoms with E-state index in [1.54, 1.807) is 0 Å². The van der Waals surface area contributed by atoms with Crippen LogP contribution in [-0.2, 0) is 6.54 Å². The first-order valence-corrected chi connectivity index (χ1v) is 6.41. The Bertz CT molecular complexity index is 461. The third-order valence-corrected chi connectivity index (χ3v) is 3.52. The molecule has 5 nitrogen and oxygen atoms in total. The van der Waals surface area contributed by atoms with Crippen molar-refractivity contribution in [2.24, 2.45) is 0 Å². The molecule has 1 N–H and O–H groups in total. The van der Waals surface area contributed by atoms with Crippen LogP contribution in [0.5, 0.6) is 0 Å². The van der Waals surface area contributed by atoms with Gasteiger partial charge in [-0.15, -0.1) is 0 Å². The average molecular weight is 267 g/mol. The van der Waals surface area contributed by atoms with Crippen LogP contribution in [0, 0.1) is 15.9 Å². The number of rotatable bonds is 4. The molecule has 0 radical (unpaired) electrons. The van der Waals surface area contributed by atoms with Crippen LogP contribution in [0.2, 0.25) is 0 Å². The number of hydrogen-bond donors (Lipinski definition) is 1. The molecule has 1 aromatic rings. The van der Waals surface area contributed by atoms with E-state index in [4.69, 9.17) is 0 Å². The lowest BCUT2D eigenvalue weighted by atomic mass is 10.0. The third kappa shape index (κ3) is 3.71. The molecule has 2 rings (SSSR count). The number of benzene rings is 1. The number of nitro groups is 1. The predicted molar refractivity (Wildman–Crippen MR) is 70.4 cm³/mol. The highest BCUT2D eigenvalue weighted by Gasteiger charge is 2.19. The quantitative estimate of drug-likeness (QED) is 0.669. The van der Waals surface area contributed by atoms with Gasteiger partial charge in [0.25, 0.3) is 5.69 Å². The van der Waals surface area contributed by atoms with Crippen LogP contribution in [0.3, 0.4) is 0 Å². The fourth-order valence-corrected chi connectivity index (χ4v) is 2.49. The van der Waals surface area contributed by atoms with Crippen LogP contribution in [-0.4, -0.2) is 36.0 Å². The van der Waals surface area contributed by atoms with Crippen molar-refractivity contribution in [2.75, 3.05) is 20.1 Å². The standard InChI is InChI=1S/C13H18FN3O2/c1-16(12-2-4-15-5-3-12)9-10-6-11(14)8-13(7-10)17(18)19/h6-8,12,15H,2-5,9H2,1H3. The monoisotopic (exact) mass is 267 g/mol. The molecule has 6 heteroatoms. The number of nitrogens with one attached hydrogen (secondary N) is 1. The molecule has 19 heavy (non-hydrogen) atoms. The molecule has 1 aromatic carbocycles. The third-order valence-electron chi connectivity index (χ3n) is 3.52. The van der Waals surface area contributed by atoms with E-state index < -0.39 is 10.7 Å². The Balaban J connectivity index is 2.07. The topological polar surface area (TPSA) is 58.4 Å². The maximum atomic E-state index is 13.3. The molecule has 0 aromatic heterocycles. The average Bonchev–Trinajstić information content (AvgIpc) is 2.39. The summed E-state index contributed by atoms with van der Waals surface area (Å²) in [4.78, 5) is 12.3. The number of halogens is 1. The van der Waals surface area contributed by atoms with Crippen molar-refractivity contribution in [3.05, 3.63) is 39.7 Å². The maximum Gasteiger partial charge on any atom is 0.272 e. The summed E-state index contributed by atoms with van der Waals surface area (Å²) in [6, 6.07) is 4.21. The first kappa shape index (κ1) is 13.9. The van der Waals surface area contributed by atoms with Crippen LogP contribution in [0.1, 0.15) is 18.4 Å². The van der Waals surface area contributed by atoms with E-state index in [0.29, 0.717) is 18.2 Å². The van der Waals surface area contributed by atoms with Gasteiger partial charge in [0.15, 0.2) is 0 Å². The molecule has 0 bridgehead atoms. The van der Waals surface area contributed by atoms with E-state index in [1.165, 1.54) is 12.1 Å². The first-order valence-electron chi connectivity index (χ1n) is 6.41. The van der Waals surface area contributed by atoms with Gasteiger partial charge in [0.05, 0.1) is 11.0 Å². The molecule has 0 spiro atoms. The van der Waals surface area contributed by atoms with Gasteiger partial charge in [0.1, 0.15) is 5.82 Å². The minimum absolute atomic E-state index is 0.186. The Hall–Kier alpha value is -1.53. The van der Waals surface area contributed by atoms with Gasteiger partial charge in [0.2, 0.25) is 0 Å². The lowest BCUT2D eigenvalue weighted by Crippen LogP contribution is -2.40. The molecule has 1 fully saturated rings. The van der Waals surface area contributed by atoms with Gasteiger partial charge < -0.3 is 5.32 Å². The maximum absolute atomic E-state index is 13.3. The van der Waals surface area contributed by atoms with Crippen LogP contribution in [0.25, 0.3) is 0 Å². The largest absolute Gasteiger partial charge is 0.317 e. The van der Waals surface area contributed by atoms with Gasteiger partial charge in [-0.25, -0.2) is 4.39 Å². The predicted octanol–water partition coefficient (Wildman–Crippen LogP) is 1.92. The smallest absolute Gasteiger partial charge is 0.272 e. The summed E-state index contributed by atoms with van der Waals surface area (Å²) < 4.78 is 13.3. The van der Waals surface area contributed by atoms with Gasteiger partial charge in [-0.3, -0.25) is 15.0 Å². The highest BCUT2D eigenvalue weighted by molar-refractivity contribution is 5.35. The fraction of sp³-hybridized carbons (Fsp3) is 0.538. The summed E-state index contributed by atoms with van der Waals surface area (Å²) >= 11 is 0. The van der Waals surface area contributed by atoms with Crippen molar-refractivity contribution in [1.29, 1.82) is 0 Å². The van der Waals surface area contributed by atoms with Crippen molar-refractivity contribution in [3.8, 4) is 0 Å². The summed E-state index contributed by atoms with van der Waals surface area (Å²) in [7, 11) is 1.98. The van der Waals surface area contributed by atoms with Crippen LogP contribution >= 0.6 is 0 Å². The normalized spacial score (nSPS) is 16.8.